The van der Waals surface area contributed by atoms with Crippen molar-refractivity contribution < 1.29 is 28.2 Å². The summed E-state index contributed by atoms with van der Waals surface area (Å²) in [6.07, 6.45) is -1.03. The molecule has 1 atom stereocenters. The quantitative estimate of drug-likeness (QED) is 0.587. The van der Waals surface area contributed by atoms with Gasteiger partial charge in [-0.05, 0) is 42.3 Å². The smallest absolute Gasteiger partial charge is 0.254 e. The molecule has 0 radical (unpaired) electrons. The number of hydrogen-bond acceptors (Lipinski definition) is 6. The molecule has 0 saturated carbocycles. The minimum Gasteiger partial charge on any atom is -0.497 e. The van der Waals surface area contributed by atoms with Gasteiger partial charge in [-0.3, -0.25) is 4.79 Å². The van der Waals surface area contributed by atoms with Crippen molar-refractivity contribution >= 4 is 17.2 Å². The first-order valence-corrected chi connectivity index (χ1v) is 9.47. The first-order chi connectivity index (χ1) is 14.4. The third-order valence-electron chi connectivity index (χ3n) is 3.96. The molecule has 30 heavy (non-hydrogen) atoms. The lowest BCUT2D eigenvalue weighted by molar-refractivity contribution is 0.0982. The van der Waals surface area contributed by atoms with E-state index in [-0.39, 0.29) is 0 Å². The minimum atomic E-state index is -1.26. The van der Waals surface area contributed by atoms with Gasteiger partial charge in [-0.15, -0.1) is 11.3 Å². The molecule has 0 aliphatic carbocycles. The van der Waals surface area contributed by atoms with Crippen molar-refractivity contribution in [3.63, 3.8) is 0 Å². The number of carbonyl (C=O) groups is 1. The van der Waals surface area contributed by atoms with Gasteiger partial charge in [0, 0.05) is 10.9 Å². The van der Waals surface area contributed by atoms with Crippen LogP contribution in [0.2, 0.25) is 0 Å². The Bertz CT molecular complexity index is 1120. The van der Waals surface area contributed by atoms with E-state index >= 15 is 0 Å². The SMILES string of the molecule is COc1ccc(C#Cc2csc(C(CO)Oc3ccc(F)c(C(N)=O)c3F)n2)cc1. The van der Waals surface area contributed by atoms with Crippen LogP contribution >= 0.6 is 11.3 Å². The fourth-order valence-corrected chi connectivity index (χ4v) is 3.24. The van der Waals surface area contributed by atoms with E-state index in [0.29, 0.717) is 16.5 Å². The number of aliphatic hydroxyl groups is 1. The molecule has 6 nitrogen and oxygen atoms in total. The van der Waals surface area contributed by atoms with E-state index in [0.717, 1.165) is 29.0 Å². The van der Waals surface area contributed by atoms with E-state index in [2.05, 4.69) is 16.8 Å². The van der Waals surface area contributed by atoms with E-state index in [1.165, 1.54) is 0 Å². The molecular formula is C21H16F2N2O4S. The number of halogens is 2. The van der Waals surface area contributed by atoms with Crippen molar-refractivity contribution in [3.8, 4) is 23.3 Å². The Morgan fingerprint density at radius 2 is 1.97 bits per heavy atom. The maximum atomic E-state index is 14.4. The highest BCUT2D eigenvalue weighted by atomic mass is 32.1. The van der Waals surface area contributed by atoms with Crippen LogP contribution in [0.1, 0.15) is 32.7 Å². The molecule has 3 rings (SSSR count). The van der Waals surface area contributed by atoms with E-state index in [4.69, 9.17) is 15.2 Å². The van der Waals surface area contributed by atoms with Gasteiger partial charge in [0.1, 0.15) is 27.8 Å². The Hall–Kier alpha value is -3.48. The van der Waals surface area contributed by atoms with Gasteiger partial charge >= 0.3 is 0 Å². The van der Waals surface area contributed by atoms with Gasteiger partial charge in [-0.2, -0.15) is 0 Å². The highest BCUT2D eigenvalue weighted by Gasteiger charge is 2.23. The van der Waals surface area contributed by atoms with Gasteiger partial charge in [0.05, 0.1) is 13.7 Å². The van der Waals surface area contributed by atoms with Crippen LogP contribution in [0.5, 0.6) is 11.5 Å². The Morgan fingerprint density at radius 3 is 2.60 bits per heavy atom. The number of benzene rings is 2. The molecule has 154 valence electrons. The first kappa shape index (κ1) is 21.2. The summed E-state index contributed by atoms with van der Waals surface area (Å²) >= 11 is 1.16. The van der Waals surface area contributed by atoms with Crippen LogP contribution in [0.15, 0.2) is 41.8 Å². The normalized spacial score (nSPS) is 11.3. The van der Waals surface area contributed by atoms with Crippen molar-refractivity contribution in [2.45, 2.75) is 6.10 Å². The lowest BCUT2D eigenvalue weighted by atomic mass is 10.1. The third-order valence-corrected chi connectivity index (χ3v) is 4.90. The second kappa shape index (κ2) is 9.35. The molecule has 1 amide bonds. The average molecular weight is 430 g/mol. The number of carbonyl (C=O) groups excluding carboxylic acids is 1. The zero-order valence-corrected chi connectivity index (χ0v) is 16.5. The first-order valence-electron chi connectivity index (χ1n) is 8.59. The number of hydrogen-bond donors (Lipinski definition) is 2. The number of nitrogens with two attached hydrogens (primary N) is 1. The summed E-state index contributed by atoms with van der Waals surface area (Å²) in [5, 5.41) is 11.6. The molecule has 1 unspecified atom stereocenters. The minimum absolute atomic E-state index is 0.334. The number of amides is 1. The van der Waals surface area contributed by atoms with Gasteiger partial charge in [0.2, 0.25) is 0 Å². The van der Waals surface area contributed by atoms with Crippen LogP contribution in [0.25, 0.3) is 0 Å². The van der Waals surface area contributed by atoms with E-state index < -0.39 is 41.6 Å². The molecule has 0 aliphatic rings. The van der Waals surface area contributed by atoms with E-state index in [1.807, 2.05) is 0 Å². The third kappa shape index (κ3) is 4.74. The lowest BCUT2D eigenvalue weighted by Crippen LogP contribution is -2.18. The number of aromatic nitrogens is 1. The number of nitrogens with zero attached hydrogens (tertiary/aromatic N) is 1. The molecule has 1 aromatic heterocycles. The van der Waals surface area contributed by atoms with Crippen LogP contribution in [0.4, 0.5) is 8.78 Å². The highest BCUT2D eigenvalue weighted by Crippen LogP contribution is 2.29. The summed E-state index contributed by atoms with van der Waals surface area (Å²) in [6, 6.07) is 9.03. The van der Waals surface area contributed by atoms with Gasteiger partial charge in [0.15, 0.2) is 17.7 Å². The average Bonchev–Trinajstić information content (AvgIpc) is 3.21. The molecule has 3 aromatic rings. The number of aliphatic hydroxyl groups excluding tert-OH is 1. The number of methoxy groups -OCH3 is 1. The largest absolute Gasteiger partial charge is 0.497 e. The number of thiazole rings is 1. The zero-order valence-electron chi connectivity index (χ0n) is 15.7. The maximum absolute atomic E-state index is 14.4. The summed E-state index contributed by atoms with van der Waals surface area (Å²) in [5.41, 5.74) is 5.29. The van der Waals surface area contributed by atoms with Gasteiger partial charge in [0.25, 0.3) is 5.91 Å². The Kier molecular flexibility index (Phi) is 6.61. The van der Waals surface area contributed by atoms with Gasteiger partial charge < -0.3 is 20.3 Å². The van der Waals surface area contributed by atoms with E-state index in [1.54, 1.807) is 36.8 Å². The van der Waals surface area contributed by atoms with Crippen molar-refractivity contribution in [1.82, 2.24) is 4.98 Å². The Labute approximate surface area is 174 Å². The molecule has 2 aromatic carbocycles. The standard InChI is InChI=1S/C21H16F2N2O4S/c1-28-14-6-3-12(4-7-14)2-5-13-11-30-21(25-13)17(10-26)29-16-9-8-15(22)18(19(16)23)20(24)27/h3-4,6-9,11,17,26H,10H2,1H3,(H2,24,27). The fourth-order valence-electron chi connectivity index (χ4n) is 2.47. The van der Waals surface area contributed by atoms with Crippen LogP contribution in [0.3, 0.4) is 0 Å². The molecule has 0 aliphatic heterocycles. The second-order valence-corrected chi connectivity index (χ2v) is 6.83. The van der Waals surface area contributed by atoms with Crippen molar-refractivity contribution in [2.75, 3.05) is 13.7 Å². The molecule has 1 heterocycles. The van der Waals surface area contributed by atoms with Crippen LogP contribution in [0, 0.1) is 23.5 Å². The number of primary amides is 1. The molecule has 0 spiro atoms. The van der Waals surface area contributed by atoms with Crippen molar-refractivity contribution in [2.24, 2.45) is 5.73 Å². The molecule has 3 N–H and O–H groups in total. The summed E-state index contributed by atoms with van der Waals surface area (Å²) in [6.45, 7) is -0.526. The fraction of sp³-hybridized carbons (Fsp3) is 0.143. The molecule has 0 fully saturated rings. The summed E-state index contributed by atoms with van der Waals surface area (Å²) in [5.74, 6) is 2.53. The van der Waals surface area contributed by atoms with Gasteiger partial charge in [-0.25, -0.2) is 13.8 Å². The number of rotatable bonds is 6. The summed E-state index contributed by atoms with van der Waals surface area (Å²) in [7, 11) is 1.57. The molecule has 0 bridgehead atoms. The lowest BCUT2D eigenvalue weighted by Gasteiger charge is -2.16. The number of ether oxygens (including phenoxy) is 2. The predicted octanol–water partition coefficient (Wildman–Crippen LogP) is 3.04. The van der Waals surface area contributed by atoms with Crippen LogP contribution < -0.4 is 15.2 Å². The van der Waals surface area contributed by atoms with Crippen molar-refractivity contribution in [3.05, 3.63) is 75.2 Å². The highest BCUT2D eigenvalue weighted by molar-refractivity contribution is 7.09. The molecular weight excluding hydrogens is 414 g/mol. The predicted molar refractivity (Wildman–Crippen MR) is 106 cm³/mol. The Morgan fingerprint density at radius 1 is 1.23 bits per heavy atom. The van der Waals surface area contributed by atoms with Crippen LogP contribution in [-0.2, 0) is 0 Å². The second-order valence-electron chi connectivity index (χ2n) is 5.94. The summed E-state index contributed by atoms with van der Waals surface area (Å²) in [4.78, 5) is 15.5. The Balaban J connectivity index is 1.79. The van der Waals surface area contributed by atoms with Crippen molar-refractivity contribution in [1.29, 1.82) is 0 Å². The molecule has 9 heteroatoms. The molecule has 0 saturated heterocycles. The maximum Gasteiger partial charge on any atom is 0.254 e. The topological polar surface area (TPSA) is 94.7 Å². The summed E-state index contributed by atoms with van der Waals surface area (Å²) < 4.78 is 38.5. The van der Waals surface area contributed by atoms with E-state index in [9.17, 15) is 18.7 Å². The zero-order chi connectivity index (χ0) is 21.7. The van der Waals surface area contributed by atoms with Crippen LogP contribution in [-0.4, -0.2) is 29.7 Å². The monoisotopic (exact) mass is 430 g/mol. The van der Waals surface area contributed by atoms with Gasteiger partial charge in [-0.1, -0.05) is 5.92 Å².